The van der Waals surface area contributed by atoms with E-state index in [1.54, 1.807) is 23.5 Å². The van der Waals surface area contributed by atoms with E-state index in [2.05, 4.69) is 43.6 Å². The van der Waals surface area contributed by atoms with E-state index in [-0.39, 0.29) is 11.7 Å². The largest absolute Gasteiger partial charge is 0.290 e. The van der Waals surface area contributed by atoms with Crippen LogP contribution < -0.4 is 4.31 Å². The molecule has 3 nitrogen and oxygen atoms in total. The van der Waals surface area contributed by atoms with E-state index in [1.165, 1.54) is 12.1 Å². The van der Waals surface area contributed by atoms with E-state index in [0.29, 0.717) is 5.95 Å². The summed E-state index contributed by atoms with van der Waals surface area (Å²) in [7, 11) is 1.79. The molecular weight excluding hydrogens is 285 g/mol. The number of nitrogens with zero attached hydrogens (tertiary/aromatic N) is 3. The molecule has 0 aliphatic heterocycles. The van der Waals surface area contributed by atoms with Gasteiger partial charge in [0.25, 0.3) is 0 Å². The molecule has 0 saturated carbocycles. The van der Waals surface area contributed by atoms with E-state index in [9.17, 15) is 4.39 Å². The van der Waals surface area contributed by atoms with Crippen molar-refractivity contribution in [2.24, 2.45) is 0 Å². The molecule has 0 amide bonds. The van der Waals surface area contributed by atoms with Gasteiger partial charge in [0.05, 0.1) is 11.4 Å². The SMILES string of the molecule is CCc1c(-c2ccc(F)cc2)nc(N(C)S)nc1C(C)C. The van der Waals surface area contributed by atoms with Gasteiger partial charge in [-0.3, -0.25) is 4.31 Å². The fourth-order valence-corrected chi connectivity index (χ4v) is 2.40. The molecule has 5 heteroatoms. The molecule has 0 fully saturated rings. The average Bonchev–Trinajstić information content (AvgIpc) is 2.46. The molecule has 112 valence electrons. The zero-order valence-electron chi connectivity index (χ0n) is 12.8. The lowest BCUT2D eigenvalue weighted by atomic mass is 9.97. The van der Waals surface area contributed by atoms with Crippen LogP contribution in [0.2, 0.25) is 0 Å². The van der Waals surface area contributed by atoms with Crippen molar-refractivity contribution in [3.63, 3.8) is 0 Å². The Bertz CT molecular complexity index is 624. The highest BCUT2D eigenvalue weighted by Crippen LogP contribution is 2.30. The number of hydrogen-bond acceptors (Lipinski definition) is 4. The molecule has 1 aromatic heterocycles. The Morgan fingerprint density at radius 2 is 1.81 bits per heavy atom. The van der Waals surface area contributed by atoms with Crippen molar-refractivity contribution in [1.82, 2.24) is 9.97 Å². The minimum Gasteiger partial charge on any atom is -0.290 e. The molecule has 0 radical (unpaired) electrons. The van der Waals surface area contributed by atoms with Crippen LogP contribution in [0.4, 0.5) is 10.3 Å². The molecule has 1 heterocycles. The third-order valence-corrected chi connectivity index (χ3v) is 3.51. The smallest absolute Gasteiger partial charge is 0.235 e. The molecular formula is C16H20FN3S. The molecule has 2 aromatic rings. The molecule has 0 spiro atoms. The molecule has 21 heavy (non-hydrogen) atoms. The second-order valence-electron chi connectivity index (χ2n) is 5.27. The Hall–Kier alpha value is -1.62. The Labute approximate surface area is 130 Å². The molecule has 1 aromatic carbocycles. The first-order valence-corrected chi connectivity index (χ1v) is 7.43. The summed E-state index contributed by atoms with van der Waals surface area (Å²) in [5.41, 5.74) is 3.87. The van der Waals surface area contributed by atoms with E-state index in [0.717, 1.165) is 28.9 Å². The van der Waals surface area contributed by atoms with Crippen molar-refractivity contribution in [3.05, 3.63) is 41.3 Å². The highest BCUT2D eigenvalue weighted by molar-refractivity contribution is 7.81. The summed E-state index contributed by atoms with van der Waals surface area (Å²) in [6, 6.07) is 6.42. The molecule has 0 aliphatic carbocycles. The fraction of sp³-hybridized carbons (Fsp3) is 0.375. The van der Waals surface area contributed by atoms with E-state index < -0.39 is 0 Å². The lowest BCUT2D eigenvalue weighted by molar-refractivity contribution is 0.628. The highest BCUT2D eigenvalue weighted by Gasteiger charge is 2.17. The summed E-state index contributed by atoms with van der Waals surface area (Å²) in [4.78, 5) is 9.21. The van der Waals surface area contributed by atoms with Crippen molar-refractivity contribution in [1.29, 1.82) is 0 Å². The van der Waals surface area contributed by atoms with Crippen molar-refractivity contribution in [2.45, 2.75) is 33.1 Å². The standard InChI is InChI=1S/C16H20FN3S/c1-5-13-14(10(2)3)18-16(20(4)21)19-15(13)11-6-8-12(17)9-7-11/h6-10,21H,5H2,1-4H3. The first-order chi connectivity index (χ1) is 9.93. The number of anilines is 1. The van der Waals surface area contributed by atoms with Crippen LogP contribution in [0, 0.1) is 5.82 Å². The zero-order valence-corrected chi connectivity index (χ0v) is 13.7. The minimum absolute atomic E-state index is 0.249. The lowest BCUT2D eigenvalue weighted by Crippen LogP contribution is -2.12. The number of thiol groups is 1. The average molecular weight is 305 g/mol. The molecule has 0 atom stereocenters. The van der Waals surface area contributed by atoms with Gasteiger partial charge in [-0.15, -0.1) is 0 Å². The molecule has 0 saturated heterocycles. The third-order valence-electron chi connectivity index (χ3n) is 3.33. The van der Waals surface area contributed by atoms with Gasteiger partial charge in [0.2, 0.25) is 5.95 Å². The zero-order chi connectivity index (χ0) is 15.6. The third kappa shape index (κ3) is 3.35. The molecule has 0 bridgehead atoms. The van der Waals surface area contributed by atoms with Crippen LogP contribution in [0.5, 0.6) is 0 Å². The van der Waals surface area contributed by atoms with Gasteiger partial charge in [0.15, 0.2) is 0 Å². The Balaban J connectivity index is 2.69. The first-order valence-electron chi connectivity index (χ1n) is 7.03. The summed E-state index contributed by atoms with van der Waals surface area (Å²) in [6.45, 7) is 6.30. The maximum atomic E-state index is 13.1. The molecule has 0 aliphatic rings. The van der Waals surface area contributed by atoms with Crippen LogP contribution in [-0.4, -0.2) is 17.0 Å². The number of rotatable bonds is 4. The van der Waals surface area contributed by atoms with Crippen LogP contribution in [0.15, 0.2) is 24.3 Å². The molecule has 0 N–H and O–H groups in total. The number of aromatic nitrogens is 2. The Kier molecular flexibility index (Phi) is 4.83. The fourth-order valence-electron chi connectivity index (χ4n) is 2.31. The number of benzene rings is 1. The van der Waals surface area contributed by atoms with E-state index in [4.69, 9.17) is 0 Å². The van der Waals surface area contributed by atoms with Crippen molar-refractivity contribution >= 4 is 18.8 Å². The summed E-state index contributed by atoms with van der Waals surface area (Å²) >= 11 is 4.29. The van der Waals surface area contributed by atoms with Gasteiger partial charge >= 0.3 is 0 Å². The van der Waals surface area contributed by atoms with Crippen LogP contribution in [0.3, 0.4) is 0 Å². The van der Waals surface area contributed by atoms with Crippen LogP contribution in [0.25, 0.3) is 11.3 Å². The summed E-state index contributed by atoms with van der Waals surface area (Å²) < 4.78 is 14.7. The van der Waals surface area contributed by atoms with Gasteiger partial charge in [-0.1, -0.05) is 33.6 Å². The second kappa shape index (κ2) is 6.43. The number of hydrogen-bond donors (Lipinski definition) is 1. The monoisotopic (exact) mass is 305 g/mol. The predicted octanol–water partition coefficient (Wildman–Crippen LogP) is 4.25. The van der Waals surface area contributed by atoms with Crippen LogP contribution in [-0.2, 0) is 6.42 Å². The minimum atomic E-state index is -0.249. The summed E-state index contributed by atoms with van der Waals surface area (Å²) in [5.74, 6) is 0.592. The predicted molar refractivity (Wildman–Crippen MR) is 88.3 cm³/mol. The van der Waals surface area contributed by atoms with E-state index >= 15 is 0 Å². The topological polar surface area (TPSA) is 29.0 Å². The summed E-state index contributed by atoms with van der Waals surface area (Å²) in [6.07, 6.45) is 0.830. The van der Waals surface area contributed by atoms with Gasteiger partial charge < -0.3 is 0 Å². The quantitative estimate of drug-likeness (QED) is 0.856. The summed E-state index contributed by atoms with van der Waals surface area (Å²) in [5, 5.41) is 0. The van der Waals surface area contributed by atoms with Crippen LogP contribution >= 0.6 is 12.8 Å². The Morgan fingerprint density at radius 1 is 1.19 bits per heavy atom. The first kappa shape index (κ1) is 15.8. The molecule has 0 unspecified atom stereocenters. The highest BCUT2D eigenvalue weighted by atomic mass is 32.1. The molecule has 2 rings (SSSR count). The van der Waals surface area contributed by atoms with E-state index in [1.807, 2.05) is 0 Å². The van der Waals surface area contributed by atoms with Gasteiger partial charge in [-0.25, -0.2) is 14.4 Å². The normalized spacial score (nSPS) is 11.0. The van der Waals surface area contributed by atoms with Crippen LogP contribution in [0.1, 0.15) is 37.9 Å². The number of halogens is 1. The van der Waals surface area contributed by atoms with Gasteiger partial charge in [-0.2, -0.15) is 0 Å². The van der Waals surface area contributed by atoms with Crippen molar-refractivity contribution < 1.29 is 4.39 Å². The maximum absolute atomic E-state index is 13.1. The lowest BCUT2D eigenvalue weighted by Gasteiger charge is -2.19. The second-order valence-corrected chi connectivity index (χ2v) is 5.87. The Morgan fingerprint density at radius 3 is 2.29 bits per heavy atom. The van der Waals surface area contributed by atoms with Gasteiger partial charge in [0, 0.05) is 18.2 Å². The maximum Gasteiger partial charge on any atom is 0.235 e. The van der Waals surface area contributed by atoms with Gasteiger partial charge in [0.1, 0.15) is 5.82 Å². The van der Waals surface area contributed by atoms with Crippen molar-refractivity contribution in [2.75, 3.05) is 11.4 Å². The van der Waals surface area contributed by atoms with Crippen molar-refractivity contribution in [3.8, 4) is 11.3 Å². The van der Waals surface area contributed by atoms with Gasteiger partial charge in [-0.05, 0) is 36.6 Å².